The number of hydrogen-bond donors (Lipinski definition) is 1. The number of piperidine rings is 1. The van der Waals surface area contributed by atoms with Crippen molar-refractivity contribution in [3.63, 3.8) is 0 Å². The molecule has 1 nitrogen and oxygen atoms in total. The highest BCUT2D eigenvalue weighted by atomic mass is 79.9. The van der Waals surface area contributed by atoms with Gasteiger partial charge in [0.1, 0.15) is 0 Å². The molecule has 2 aliphatic rings. The summed E-state index contributed by atoms with van der Waals surface area (Å²) < 4.78 is 1.18. The lowest BCUT2D eigenvalue weighted by Crippen LogP contribution is -2.18. The Hall–Kier alpha value is -0.0500. The molecular weight excluding hydrogens is 261 g/mol. The van der Waals surface area contributed by atoms with Crippen LogP contribution < -0.4 is 5.32 Å². The first kappa shape index (κ1) is 10.5. The highest BCUT2D eigenvalue weighted by Gasteiger charge is 2.57. The molecule has 0 amide bonds. The van der Waals surface area contributed by atoms with Crippen molar-refractivity contribution in [3.05, 3.63) is 34.3 Å². The van der Waals surface area contributed by atoms with Gasteiger partial charge in [-0.2, -0.15) is 0 Å². The molecule has 14 heavy (non-hydrogen) atoms. The Morgan fingerprint density at radius 2 is 2.00 bits per heavy atom. The summed E-state index contributed by atoms with van der Waals surface area (Å²) in [5.74, 6) is 0.911. The topological polar surface area (TPSA) is 12.0 Å². The van der Waals surface area contributed by atoms with Gasteiger partial charge in [-0.1, -0.05) is 28.1 Å². The second-order valence-corrected chi connectivity index (χ2v) is 5.11. The third-order valence-corrected chi connectivity index (χ3v) is 4.01. The largest absolute Gasteiger partial charge is 0.316 e. The molecular formula is C11H13BrClN. The normalized spacial score (nSPS) is 33.4. The lowest BCUT2D eigenvalue weighted by molar-refractivity contribution is 0.675. The van der Waals surface area contributed by atoms with Crippen molar-refractivity contribution in [3.8, 4) is 0 Å². The van der Waals surface area contributed by atoms with Crippen LogP contribution in [0.25, 0.3) is 0 Å². The van der Waals surface area contributed by atoms with E-state index in [4.69, 9.17) is 0 Å². The highest BCUT2D eigenvalue weighted by Crippen LogP contribution is 2.56. The van der Waals surface area contributed by atoms with Crippen LogP contribution >= 0.6 is 28.3 Å². The van der Waals surface area contributed by atoms with Crippen LogP contribution in [-0.4, -0.2) is 13.1 Å². The second kappa shape index (κ2) is 3.51. The van der Waals surface area contributed by atoms with Gasteiger partial charge in [-0.3, -0.25) is 0 Å². The summed E-state index contributed by atoms with van der Waals surface area (Å²) in [4.78, 5) is 0. The molecule has 0 radical (unpaired) electrons. The van der Waals surface area contributed by atoms with E-state index >= 15 is 0 Å². The predicted octanol–water partition coefficient (Wildman–Crippen LogP) is 2.73. The fraction of sp³-hybridized carbons (Fsp3) is 0.455. The fourth-order valence-corrected chi connectivity index (χ4v) is 2.84. The number of fused-ring (bicyclic) bond motifs is 1. The van der Waals surface area contributed by atoms with Gasteiger partial charge in [0.25, 0.3) is 0 Å². The Balaban J connectivity index is 0.000000750. The van der Waals surface area contributed by atoms with Crippen LogP contribution in [0.4, 0.5) is 0 Å². The van der Waals surface area contributed by atoms with Crippen molar-refractivity contribution < 1.29 is 0 Å². The monoisotopic (exact) mass is 273 g/mol. The summed E-state index contributed by atoms with van der Waals surface area (Å²) in [6.45, 7) is 2.40. The van der Waals surface area contributed by atoms with Crippen LogP contribution in [0.15, 0.2) is 28.7 Å². The Labute approximate surface area is 98.8 Å². The van der Waals surface area contributed by atoms with Crippen LogP contribution in [0.1, 0.15) is 12.0 Å². The van der Waals surface area contributed by atoms with Gasteiger partial charge < -0.3 is 5.32 Å². The quantitative estimate of drug-likeness (QED) is 0.830. The molecule has 1 aliphatic heterocycles. The van der Waals surface area contributed by atoms with E-state index in [0.29, 0.717) is 5.41 Å². The maximum Gasteiger partial charge on any atom is 0.0175 e. The second-order valence-electron chi connectivity index (χ2n) is 4.19. The summed E-state index contributed by atoms with van der Waals surface area (Å²) in [5, 5.41) is 3.46. The van der Waals surface area contributed by atoms with E-state index in [9.17, 15) is 0 Å². The molecule has 76 valence electrons. The first-order chi connectivity index (χ1) is 6.31. The van der Waals surface area contributed by atoms with Crippen molar-refractivity contribution in [2.75, 3.05) is 13.1 Å². The van der Waals surface area contributed by atoms with E-state index in [2.05, 4.69) is 45.5 Å². The Bertz CT molecular complexity index is 338. The number of benzene rings is 1. The summed E-state index contributed by atoms with van der Waals surface area (Å²) in [6, 6.07) is 8.82. The molecule has 0 aromatic heterocycles. The Morgan fingerprint density at radius 3 is 2.50 bits per heavy atom. The summed E-state index contributed by atoms with van der Waals surface area (Å²) >= 11 is 3.47. The lowest BCUT2D eigenvalue weighted by atomic mass is 9.95. The van der Waals surface area contributed by atoms with Crippen LogP contribution in [0.3, 0.4) is 0 Å². The van der Waals surface area contributed by atoms with Gasteiger partial charge in [-0.15, -0.1) is 12.4 Å². The van der Waals surface area contributed by atoms with Gasteiger partial charge in [-0.25, -0.2) is 0 Å². The lowest BCUT2D eigenvalue weighted by Gasteiger charge is -2.11. The van der Waals surface area contributed by atoms with E-state index in [0.717, 1.165) is 5.92 Å². The van der Waals surface area contributed by atoms with Crippen molar-refractivity contribution in [2.24, 2.45) is 5.92 Å². The van der Waals surface area contributed by atoms with Gasteiger partial charge in [0.05, 0.1) is 0 Å². The maximum absolute atomic E-state index is 3.47. The van der Waals surface area contributed by atoms with E-state index in [-0.39, 0.29) is 12.4 Å². The van der Waals surface area contributed by atoms with Gasteiger partial charge in [-0.05, 0) is 36.6 Å². The molecule has 1 heterocycles. The van der Waals surface area contributed by atoms with Crippen LogP contribution in [0.2, 0.25) is 0 Å². The third kappa shape index (κ3) is 1.40. The molecule has 1 saturated heterocycles. The Morgan fingerprint density at radius 1 is 1.29 bits per heavy atom. The molecule has 2 atom stereocenters. The molecule has 1 N–H and O–H groups in total. The number of hydrogen-bond acceptors (Lipinski definition) is 1. The Kier molecular flexibility index (Phi) is 2.63. The van der Waals surface area contributed by atoms with Gasteiger partial charge >= 0.3 is 0 Å². The zero-order valence-electron chi connectivity index (χ0n) is 7.79. The summed E-state index contributed by atoms with van der Waals surface area (Å²) in [7, 11) is 0. The highest BCUT2D eigenvalue weighted by molar-refractivity contribution is 9.10. The first-order valence-corrected chi connectivity index (χ1v) is 5.57. The molecule has 0 spiro atoms. The molecule has 1 aromatic rings. The van der Waals surface area contributed by atoms with E-state index in [1.807, 2.05) is 0 Å². The standard InChI is InChI=1S/C11H12BrN.ClH/c12-10-3-1-8(2-4-10)11-5-9(11)6-13-7-11;/h1-4,9,13H,5-7H2;1H/t9?,11-;/m0./s1. The first-order valence-electron chi connectivity index (χ1n) is 4.78. The minimum absolute atomic E-state index is 0. The van der Waals surface area contributed by atoms with Crippen LogP contribution in [0, 0.1) is 5.92 Å². The van der Waals surface area contributed by atoms with Gasteiger partial charge in [0.2, 0.25) is 0 Å². The molecule has 1 aliphatic carbocycles. The van der Waals surface area contributed by atoms with Crippen molar-refractivity contribution in [1.29, 1.82) is 0 Å². The van der Waals surface area contributed by atoms with Crippen LogP contribution in [0.5, 0.6) is 0 Å². The smallest absolute Gasteiger partial charge is 0.0175 e. The molecule has 1 saturated carbocycles. The summed E-state index contributed by atoms with van der Waals surface area (Å²) in [6.07, 6.45) is 1.39. The number of rotatable bonds is 1. The zero-order valence-corrected chi connectivity index (χ0v) is 10.2. The molecule has 2 fully saturated rings. The molecule has 1 unspecified atom stereocenters. The SMILES string of the molecule is Brc1ccc([C@]23CNCC2C3)cc1.Cl. The van der Waals surface area contributed by atoms with Gasteiger partial charge in [0, 0.05) is 16.4 Å². The predicted molar refractivity (Wildman–Crippen MR) is 64.0 cm³/mol. The van der Waals surface area contributed by atoms with Crippen molar-refractivity contribution in [2.45, 2.75) is 11.8 Å². The van der Waals surface area contributed by atoms with Crippen molar-refractivity contribution in [1.82, 2.24) is 5.32 Å². The number of halogens is 2. The van der Waals surface area contributed by atoms with E-state index in [1.165, 1.54) is 29.5 Å². The zero-order chi connectivity index (χ0) is 8.89. The fourth-order valence-electron chi connectivity index (χ4n) is 2.57. The molecule has 1 aromatic carbocycles. The molecule has 3 rings (SSSR count). The molecule has 3 heteroatoms. The number of nitrogens with one attached hydrogen (secondary N) is 1. The van der Waals surface area contributed by atoms with E-state index in [1.54, 1.807) is 0 Å². The average Bonchev–Trinajstić information content (AvgIpc) is 2.71. The maximum atomic E-state index is 3.47. The minimum Gasteiger partial charge on any atom is -0.316 e. The van der Waals surface area contributed by atoms with Crippen LogP contribution in [-0.2, 0) is 5.41 Å². The minimum atomic E-state index is 0. The van der Waals surface area contributed by atoms with E-state index < -0.39 is 0 Å². The van der Waals surface area contributed by atoms with Crippen molar-refractivity contribution >= 4 is 28.3 Å². The molecule has 0 bridgehead atoms. The third-order valence-electron chi connectivity index (χ3n) is 3.48. The average molecular weight is 275 g/mol. The summed E-state index contributed by atoms with van der Waals surface area (Å²) in [5.41, 5.74) is 2.03. The van der Waals surface area contributed by atoms with Gasteiger partial charge in [0.15, 0.2) is 0 Å².